The van der Waals surface area contributed by atoms with E-state index in [2.05, 4.69) is 33.4 Å². The number of fused-ring (bicyclic) bond motifs is 1. The monoisotopic (exact) mass is 387 g/mol. The largest absolute Gasteiger partial charge is 0.496 e. The molecule has 29 heavy (non-hydrogen) atoms. The van der Waals surface area contributed by atoms with E-state index >= 15 is 0 Å². The molecule has 0 aliphatic carbocycles. The van der Waals surface area contributed by atoms with Crippen LogP contribution in [-0.2, 0) is 13.1 Å². The molecule has 1 aromatic heterocycles. The topological polar surface area (TPSA) is 38.5 Å². The van der Waals surface area contributed by atoms with E-state index in [1.807, 2.05) is 54.7 Å². The minimum Gasteiger partial charge on any atom is -0.496 e. The molecule has 1 heterocycles. The van der Waals surface area contributed by atoms with Gasteiger partial charge in [-0.1, -0.05) is 48.5 Å². The Morgan fingerprint density at radius 3 is 2.59 bits per heavy atom. The molecule has 4 rings (SSSR count). The van der Waals surface area contributed by atoms with Gasteiger partial charge in [0.05, 0.1) is 19.9 Å². The van der Waals surface area contributed by atoms with E-state index in [1.54, 1.807) is 7.11 Å². The molecule has 1 N–H and O–H groups in total. The minimum atomic E-state index is -0.222. The lowest BCUT2D eigenvalue weighted by molar-refractivity contribution is 0.408. The number of para-hydroxylation sites is 2. The number of hydrogen-bond acceptors (Lipinski definition) is 3. The van der Waals surface area contributed by atoms with Crippen LogP contribution in [0.3, 0.4) is 0 Å². The average Bonchev–Trinajstić information content (AvgIpc) is 3.10. The Labute approximate surface area is 169 Å². The van der Waals surface area contributed by atoms with Crippen molar-refractivity contribution in [3.63, 3.8) is 0 Å². The average molecular weight is 387 g/mol. The highest BCUT2D eigenvalue weighted by atomic mass is 19.1. The number of rotatable bonds is 7. The lowest BCUT2D eigenvalue weighted by atomic mass is 10.2. The number of benzene rings is 3. The van der Waals surface area contributed by atoms with Crippen molar-refractivity contribution in [1.82, 2.24) is 9.99 Å². The summed E-state index contributed by atoms with van der Waals surface area (Å²) in [4.78, 5) is 0. The van der Waals surface area contributed by atoms with Gasteiger partial charge in [0.15, 0.2) is 0 Å². The highest BCUT2D eigenvalue weighted by molar-refractivity contribution is 5.99. The summed E-state index contributed by atoms with van der Waals surface area (Å²) in [7, 11) is 1.66. The van der Waals surface area contributed by atoms with Crippen LogP contribution in [0, 0.1) is 5.82 Å². The lowest BCUT2D eigenvalue weighted by Gasteiger charge is -2.07. The highest BCUT2D eigenvalue weighted by Crippen LogP contribution is 2.21. The zero-order valence-electron chi connectivity index (χ0n) is 16.2. The molecule has 4 aromatic rings. The van der Waals surface area contributed by atoms with Gasteiger partial charge in [-0.25, -0.2) is 4.39 Å². The van der Waals surface area contributed by atoms with Crippen molar-refractivity contribution in [3.05, 3.63) is 102 Å². The molecule has 0 fully saturated rings. The molecule has 0 bridgehead atoms. The molecule has 0 aliphatic heterocycles. The minimum absolute atomic E-state index is 0.222. The molecule has 0 saturated heterocycles. The standard InChI is InChI=1S/C24H22FN3O/c1-29-24-9-5-2-6-19(24)14-26-27-15-20-17-28(23-8-4-3-7-22(20)23)16-18-10-12-21(25)13-11-18/h2-13,15,17,26H,14,16H2,1H3/b27-15-. The Morgan fingerprint density at radius 2 is 1.76 bits per heavy atom. The Hall–Kier alpha value is -3.60. The number of hydrogen-bond donors (Lipinski definition) is 1. The van der Waals surface area contributed by atoms with E-state index < -0.39 is 0 Å². The van der Waals surface area contributed by atoms with Crippen molar-refractivity contribution in [1.29, 1.82) is 0 Å². The van der Waals surface area contributed by atoms with Gasteiger partial charge in [0, 0.05) is 34.8 Å². The lowest BCUT2D eigenvalue weighted by Crippen LogP contribution is -2.06. The molecule has 0 amide bonds. The van der Waals surface area contributed by atoms with Crippen molar-refractivity contribution in [3.8, 4) is 5.75 Å². The summed E-state index contributed by atoms with van der Waals surface area (Å²) in [5.41, 5.74) is 7.32. The van der Waals surface area contributed by atoms with Crippen LogP contribution in [0.5, 0.6) is 5.75 Å². The quantitative estimate of drug-likeness (QED) is 0.360. The van der Waals surface area contributed by atoms with Crippen molar-refractivity contribution < 1.29 is 9.13 Å². The molecular formula is C24H22FN3O. The molecule has 0 unspecified atom stereocenters. The Morgan fingerprint density at radius 1 is 1.00 bits per heavy atom. The van der Waals surface area contributed by atoms with Crippen molar-refractivity contribution in [2.45, 2.75) is 13.1 Å². The van der Waals surface area contributed by atoms with Crippen LogP contribution < -0.4 is 10.2 Å². The van der Waals surface area contributed by atoms with Gasteiger partial charge < -0.3 is 14.7 Å². The van der Waals surface area contributed by atoms with Crippen LogP contribution in [0.25, 0.3) is 10.9 Å². The maximum Gasteiger partial charge on any atom is 0.123 e. The second-order valence-electron chi connectivity index (χ2n) is 6.76. The zero-order valence-corrected chi connectivity index (χ0v) is 16.2. The van der Waals surface area contributed by atoms with Gasteiger partial charge in [-0.05, 0) is 29.8 Å². The predicted octanol–water partition coefficient (Wildman–Crippen LogP) is 4.96. The van der Waals surface area contributed by atoms with Crippen LogP contribution in [-0.4, -0.2) is 17.9 Å². The second kappa shape index (κ2) is 8.61. The van der Waals surface area contributed by atoms with E-state index in [0.29, 0.717) is 13.1 Å². The number of halogens is 1. The first kappa shape index (κ1) is 18.7. The molecular weight excluding hydrogens is 365 g/mol. The summed E-state index contributed by atoms with van der Waals surface area (Å²) in [6.07, 6.45) is 3.90. The van der Waals surface area contributed by atoms with Gasteiger partial charge in [-0.3, -0.25) is 0 Å². The first-order valence-corrected chi connectivity index (χ1v) is 9.45. The van der Waals surface area contributed by atoms with Gasteiger partial charge in [0.2, 0.25) is 0 Å². The first-order chi connectivity index (χ1) is 14.2. The van der Waals surface area contributed by atoms with Crippen LogP contribution in [0.4, 0.5) is 4.39 Å². The summed E-state index contributed by atoms with van der Waals surface area (Å²) in [6, 6.07) is 22.7. The second-order valence-corrected chi connectivity index (χ2v) is 6.76. The van der Waals surface area contributed by atoms with Gasteiger partial charge >= 0.3 is 0 Å². The van der Waals surface area contributed by atoms with E-state index in [-0.39, 0.29) is 5.82 Å². The highest BCUT2D eigenvalue weighted by Gasteiger charge is 2.07. The predicted molar refractivity (Wildman–Crippen MR) is 115 cm³/mol. The summed E-state index contributed by atoms with van der Waals surface area (Å²) in [6.45, 7) is 1.25. The van der Waals surface area contributed by atoms with Gasteiger partial charge in [-0.2, -0.15) is 5.10 Å². The molecule has 0 atom stereocenters. The Kier molecular flexibility index (Phi) is 5.56. The van der Waals surface area contributed by atoms with E-state index in [4.69, 9.17) is 4.74 Å². The van der Waals surface area contributed by atoms with Gasteiger partial charge in [0.1, 0.15) is 11.6 Å². The molecule has 0 aliphatic rings. The fourth-order valence-corrected chi connectivity index (χ4v) is 3.39. The Balaban J connectivity index is 1.53. The summed E-state index contributed by atoms with van der Waals surface area (Å²) < 4.78 is 20.7. The Bertz CT molecular complexity index is 1130. The molecule has 5 heteroatoms. The number of nitrogens with one attached hydrogen (secondary N) is 1. The molecule has 4 nitrogen and oxygen atoms in total. The number of ether oxygens (including phenoxy) is 1. The molecule has 0 radical (unpaired) electrons. The third-order valence-corrected chi connectivity index (χ3v) is 4.84. The van der Waals surface area contributed by atoms with Gasteiger partial charge in [-0.15, -0.1) is 0 Å². The van der Waals surface area contributed by atoms with E-state index in [1.165, 1.54) is 12.1 Å². The third kappa shape index (κ3) is 4.29. The van der Waals surface area contributed by atoms with E-state index in [9.17, 15) is 4.39 Å². The number of methoxy groups -OCH3 is 1. The molecule has 0 spiro atoms. The summed E-state index contributed by atoms with van der Waals surface area (Å²) in [5.74, 6) is 0.617. The molecule has 146 valence electrons. The van der Waals surface area contributed by atoms with Crippen molar-refractivity contribution in [2.75, 3.05) is 7.11 Å². The van der Waals surface area contributed by atoms with Crippen molar-refractivity contribution in [2.24, 2.45) is 5.10 Å². The maximum absolute atomic E-state index is 13.2. The van der Waals surface area contributed by atoms with E-state index in [0.717, 1.165) is 33.3 Å². The number of aromatic nitrogens is 1. The molecule has 3 aromatic carbocycles. The molecule has 0 saturated carbocycles. The first-order valence-electron chi connectivity index (χ1n) is 9.45. The van der Waals surface area contributed by atoms with Crippen molar-refractivity contribution >= 4 is 17.1 Å². The van der Waals surface area contributed by atoms with Crippen LogP contribution in [0.1, 0.15) is 16.7 Å². The third-order valence-electron chi connectivity index (χ3n) is 4.84. The fourth-order valence-electron chi connectivity index (χ4n) is 3.39. The summed E-state index contributed by atoms with van der Waals surface area (Å²) in [5, 5.41) is 5.52. The zero-order chi connectivity index (χ0) is 20.1. The van der Waals surface area contributed by atoms with Crippen LogP contribution in [0.2, 0.25) is 0 Å². The normalized spacial score (nSPS) is 11.2. The number of hydrazone groups is 1. The maximum atomic E-state index is 13.2. The SMILES string of the molecule is COc1ccccc1CN/N=C\c1cn(Cc2ccc(F)cc2)c2ccccc12. The summed E-state index contributed by atoms with van der Waals surface area (Å²) >= 11 is 0. The van der Waals surface area contributed by atoms with Crippen LogP contribution >= 0.6 is 0 Å². The van der Waals surface area contributed by atoms with Gasteiger partial charge in [0.25, 0.3) is 0 Å². The number of nitrogens with zero attached hydrogens (tertiary/aromatic N) is 2. The fraction of sp³-hybridized carbons (Fsp3) is 0.125. The smallest absolute Gasteiger partial charge is 0.123 e. The van der Waals surface area contributed by atoms with Crippen LogP contribution in [0.15, 0.2) is 84.1 Å².